The van der Waals surface area contributed by atoms with Gasteiger partial charge in [-0.05, 0) is 12.8 Å². The molecule has 0 radical (unpaired) electrons. The van der Waals surface area contributed by atoms with Gasteiger partial charge < -0.3 is 9.52 Å². The number of carboxylic acid groups (broad SMARTS) is 1. The number of carbonyl (C=O) groups is 1. The highest BCUT2D eigenvalue weighted by Gasteiger charge is 2.38. The van der Waals surface area contributed by atoms with Crippen molar-refractivity contribution in [1.82, 2.24) is 10.2 Å². The minimum absolute atomic E-state index is 0.145. The maximum absolute atomic E-state index is 10.6. The highest BCUT2D eigenvalue weighted by molar-refractivity contribution is 5.71. The minimum atomic E-state index is -0.727. The summed E-state index contributed by atoms with van der Waals surface area (Å²) in [5.41, 5.74) is 0. The lowest BCUT2D eigenvalue weighted by Crippen LogP contribution is -2.28. The van der Waals surface area contributed by atoms with E-state index < -0.39 is 5.97 Å². The zero-order chi connectivity index (χ0) is 11.0. The van der Waals surface area contributed by atoms with Crippen LogP contribution >= 0.6 is 0 Å². The smallest absolute Gasteiger partial charge is 0.306 e. The van der Waals surface area contributed by atoms with Crippen LogP contribution in [0.3, 0.4) is 0 Å². The molecule has 1 aliphatic rings. The van der Waals surface area contributed by atoms with Crippen molar-refractivity contribution in [1.29, 1.82) is 0 Å². The number of hydrogen-bond acceptors (Lipinski definition) is 4. The molecule has 15 heavy (non-hydrogen) atoms. The zero-order valence-corrected chi connectivity index (χ0v) is 8.80. The Kier molecular flexibility index (Phi) is 2.46. The van der Waals surface area contributed by atoms with E-state index in [2.05, 4.69) is 10.2 Å². The van der Waals surface area contributed by atoms with Gasteiger partial charge in [0.2, 0.25) is 11.8 Å². The predicted octanol–water partition coefficient (Wildman–Crippen LogP) is 1.77. The van der Waals surface area contributed by atoms with Crippen molar-refractivity contribution in [2.45, 2.75) is 38.5 Å². The second-order valence-corrected chi connectivity index (χ2v) is 4.34. The molecule has 0 unspecified atom stereocenters. The highest BCUT2D eigenvalue weighted by atomic mass is 16.4. The summed E-state index contributed by atoms with van der Waals surface area (Å²) in [6.45, 7) is 3.97. The van der Waals surface area contributed by atoms with Crippen molar-refractivity contribution >= 4 is 5.97 Å². The second kappa shape index (κ2) is 3.64. The van der Waals surface area contributed by atoms with Crippen LogP contribution < -0.4 is 0 Å². The van der Waals surface area contributed by atoms with Crippen LogP contribution in [-0.4, -0.2) is 21.3 Å². The Morgan fingerprint density at radius 1 is 1.47 bits per heavy atom. The molecule has 2 rings (SSSR count). The van der Waals surface area contributed by atoms with E-state index in [0.717, 1.165) is 0 Å². The van der Waals surface area contributed by atoms with Crippen molar-refractivity contribution in [3.8, 4) is 0 Å². The van der Waals surface area contributed by atoms with Gasteiger partial charge >= 0.3 is 5.97 Å². The van der Waals surface area contributed by atoms with Gasteiger partial charge in [0.15, 0.2) is 0 Å². The molecule has 0 amide bonds. The lowest BCUT2D eigenvalue weighted by molar-refractivity contribution is -0.145. The number of carboxylic acids is 1. The van der Waals surface area contributed by atoms with Gasteiger partial charge in [0.05, 0.1) is 5.92 Å². The Labute approximate surface area is 87.5 Å². The lowest BCUT2D eigenvalue weighted by Gasteiger charge is -2.29. The van der Waals surface area contributed by atoms with Crippen molar-refractivity contribution in [2.24, 2.45) is 5.92 Å². The Balaban J connectivity index is 1.98. The first-order valence-corrected chi connectivity index (χ1v) is 5.14. The van der Waals surface area contributed by atoms with Gasteiger partial charge in [0.25, 0.3) is 0 Å². The van der Waals surface area contributed by atoms with Crippen LogP contribution in [-0.2, 0) is 4.79 Å². The van der Waals surface area contributed by atoms with Gasteiger partial charge in [0.1, 0.15) is 0 Å². The topological polar surface area (TPSA) is 76.2 Å². The van der Waals surface area contributed by atoms with Crippen LogP contribution in [0.4, 0.5) is 0 Å². The van der Waals surface area contributed by atoms with Crippen LogP contribution in [0.2, 0.25) is 0 Å². The largest absolute Gasteiger partial charge is 0.481 e. The van der Waals surface area contributed by atoms with Crippen LogP contribution in [0.5, 0.6) is 0 Å². The minimum Gasteiger partial charge on any atom is -0.481 e. The van der Waals surface area contributed by atoms with E-state index in [0.29, 0.717) is 24.6 Å². The molecule has 1 fully saturated rings. The summed E-state index contributed by atoms with van der Waals surface area (Å²) in [5.74, 6) is 0.631. The second-order valence-electron chi connectivity index (χ2n) is 4.34. The fraction of sp³-hybridized carbons (Fsp3) is 0.700. The van der Waals surface area contributed by atoms with Crippen LogP contribution in [0, 0.1) is 5.92 Å². The van der Waals surface area contributed by atoms with Gasteiger partial charge in [0, 0.05) is 11.8 Å². The first-order valence-electron chi connectivity index (χ1n) is 5.14. The summed E-state index contributed by atoms with van der Waals surface area (Å²) in [5, 5.41) is 16.6. The Morgan fingerprint density at radius 3 is 2.60 bits per heavy atom. The summed E-state index contributed by atoms with van der Waals surface area (Å²) in [6, 6.07) is 0. The molecule has 1 heterocycles. The van der Waals surface area contributed by atoms with Crippen LogP contribution in [0.25, 0.3) is 0 Å². The van der Waals surface area contributed by atoms with E-state index in [1.54, 1.807) is 0 Å². The third-order valence-electron chi connectivity index (χ3n) is 2.79. The number of aromatic nitrogens is 2. The lowest BCUT2D eigenvalue weighted by atomic mass is 9.75. The number of hydrogen-bond donors (Lipinski definition) is 1. The monoisotopic (exact) mass is 210 g/mol. The molecule has 5 heteroatoms. The van der Waals surface area contributed by atoms with E-state index in [-0.39, 0.29) is 17.8 Å². The van der Waals surface area contributed by atoms with Gasteiger partial charge in [-0.15, -0.1) is 10.2 Å². The fourth-order valence-corrected chi connectivity index (χ4v) is 1.67. The van der Waals surface area contributed by atoms with E-state index in [1.165, 1.54) is 0 Å². The van der Waals surface area contributed by atoms with Crippen LogP contribution in [0.15, 0.2) is 4.42 Å². The standard InChI is InChI=1S/C10H14N2O3/c1-5(2)8-11-12-9(15-8)6-3-7(4-6)10(13)14/h5-7H,3-4H2,1-2H3,(H,13,14). The Morgan fingerprint density at radius 2 is 2.13 bits per heavy atom. The van der Waals surface area contributed by atoms with Crippen LogP contribution in [0.1, 0.15) is 50.3 Å². The Bertz CT molecular complexity index is 366. The highest BCUT2D eigenvalue weighted by Crippen LogP contribution is 2.41. The SMILES string of the molecule is CC(C)c1nnc(C2CC(C(=O)O)C2)o1. The summed E-state index contributed by atoms with van der Waals surface area (Å²) < 4.78 is 5.46. The molecular formula is C10H14N2O3. The molecule has 0 atom stereocenters. The van der Waals surface area contributed by atoms with Crippen molar-refractivity contribution in [3.63, 3.8) is 0 Å². The molecule has 1 aromatic heterocycles. The maximum Gasteiger partial charge on any atom is 0.306 e. The summed E-state index contributed by atoms with van der Waals surface area (Å²) >= 11 is 0. The van der Waals surface area contributed by atoms with E-state index in [1.807, 2.05) is 13.8 Å². The molecule has 0 aliphatic heterocycles. The molecular weight excluding hydrogens is 196 g/mol. The molecule has 1 aliphatic carbocycles. The summed E-state index contributed by atoms with van der Waals surface area (Å²) in [4.78, 5) is 10.6. The molecule has 1 aromatic rings. The zero-order valence-electron chi connectivity index (χ0n) is 8.80. The van der Waals surface area contributed by atoms with E-state index >= 15 is 0 Å². The van der Waals surface area contributed by atoms with Crippen molar-refractivity contribution in [2.75, 3.05) is 0 Å². The molecule has 1 saturated carbocycles. The van der Waals surface area contributed by atoms with Crippen molar-refractivity contribution < 1.29 is 14.3 Å². The molecule has 0 aromatic carbocycles. The average molecular weight is 210 g/mol. The predicted molar refractivity (Wildman–Crippen MR) is 51.5 cm³/mol. The number of nitrogens with zero attached hydrogens (tertiary/aromatic N) is 2. The molecule has 0 spiro atoms. The summed E-state index contributed by atoms with van der Waals surface area (Å²) in [7, 11) is 0. The first kappa shape index (κ1) is 10.1. The third kappa shape index (κ3) is 1.86. The fourth-order valence-electron chi connectivity index (χ4n) is 1.67. The van der Waals surface area contributed by atoms with Gasteiger partial charge in [-0.2, -0.15) is 0 Å². The molecule has 0 saturated heterocycles. The molecule has 0 bridgehead atoms. The summed E-state index contributed by atoms with van der Waals surface area (Å²) in [6.07, 6.45) is 1.24. The van der Waals surface area contributed by atoms with E-state index in [4.69, 9.17) is 9.52 Å². The third-order valence-corrected chi connectivity index (χ3v) is 2.79. The normalized spacial score (nSPS) is 25.3. The molecule has 1 N–H and O–H groups in total. The van der Waals surface area contributed by atoms with Gasteiger partial charge in [-0.25, -0.2) is 0 Å². The van der Waals surface area contributed by atoms with Gasteiger partial charge in [-0.1, -0.05) is 13.8 Å². The Hall–Kier alpha value is -1.39. The first-order chi connectivity index (χ1) is 7.08. The number of rotatable bonds is 3. The average Bonchev–Trinajstić information content (AvgIpc) is 2.49. The maximum atomic E-state index is 10.6. The van der Waals surface area contributed by atoms with Crippen molar-refractivity contribution in [3.05, 3.63) is 11.8 Å². The molecule has 5 nitrogen and oxygen atoms in total. The van der Waals surface area contributed by atoms with Gasteiger partial charge in [-0.3, -0.25) is 4.79 Å². The van der Waals surface area contributed by atoms with E-state index in [9.17, 15) is 4.79 Å². The number of aliphatic carboxylic acids is 1. The quantitative estimate of drug-likeness (QED) is 0.822. The molecule has 82 valence electrons.